The number of anilines is 2. The summed E-state index contributed by atoms with van der Waals surface area (Å²) in [6.07, 6.45) is 0.383. The first-order chi connectivity index (χ1) is 16.4. The zero-order chi connectivity index (χ0) is 24.0. The molecule has 0 aliphatic carbocycles. The van der Waals surface area contributed by atoms with Gasteiger partial charge in [-0.15, -0.1) is 10.2 Å². The van der Waals surface area contributed by atoms with Gasteiger partial charge < -0.3 is 15.5 Å². The van der Waals surface area contributed by atoms with Crippen LogP contribution in [0.15, 0.2) is 60.9 Å². The van der Waals surface area contributed by atoms with E-state index in [1.807, 2.05) is 24.3 Å². The number of alkyl halides is 3. The standard InChI is InChI=1S/C24H25F3N6O/c25-24(26,27)20-5-1-3-17(13-20)15-30-23(34)19-8-11-33(12-9-19)22-7-6-21(31-32-22)29-16-18-4-2-10-28-14-18/h1-7,10,13-14,19H,8-9,11-12,15-16H2,(H,29,31)(H,30,34). The molecule has 0 radical (unpaired) electrons. The normalized spacial score (nSPS) is 14.6. The van der Waals surface area contributed by atoms with E-state index in [1.165, 1.54) is 6.07 Å². The molecule has 1 aliphatic heterocycles. The zero-order valence-electron chi connectivity index (χ0n) is 18.4. The average Bonchev–Trinajstić information content (AvgIpc) is 2.87. The molecule has 2 aromatic heterocycles. The molecule has 0 bridgehead atoms. The monoisotopic (exact) mass is 470 g/mol. The summed E-state index contributed by atoms with van der Waals surface area (Å²) in [5, 5.41) is 14.5. The van der Waals surface area contributed by atoms with Gasteiger partial charge in [-0.2, -0.15) is 13.2 Å². The molecule has 1 aliphatic rings. The number of nitrogens with one attached hydrogen (secondary N) is 2. The first-order valence-corrected chi connectivity index (χ1v) is 11.0. The second kappa shape index (κ2) is 10.5. The van der Waals surface area contributed by atoms with Gasteiger partial charge in [-0.25, -0.2) is 0 Å². The Kier molecular flexibility index (Phi) is 7.24. The first kappa shape index (κ1) is 23.5. The van der Waals surface area contributed by atoms with E-state index in [0.29, 0.717) is 43.9 Å². The summed E-state index contributed by atoms with van der Waals surface area (Å²) in [6, 6.07) is 12.6. The first-order valence-electron chi connectivity index (χ1n) is 11.0. The Hall–Kier alpha value is -3.69. The Morgan fingerprint density at radius 2 is 1.79 bits per heavy atom. The van der Waals surface area contributed by atoms with Gasteiger partial charge in [0.25, 0.3) is 0 Å². The van der Waals surface area contributed by atoms with Crippen molar-refractivity contribution in [3.63, 3.8) is 0 Å². The molecule has 10 heteroatoms. The number of benzene rings is 1. The number of hydrogen-bond donors (Lipinski definition) is 2. The maximum atomic E-state index is 12.9. The summed E-state index contributed by atoms with van der Waals surface area (Å²) < 4.78 is 38.6. The maximum absolute atomic E-state index is 12.9. The lowest BCUT2D eigenvalue weighted by atomic mass is 9.96. The summed E-state index contributed by atoms with van der Waals surface area (Å²) in [5.41, 5.74) is 0.752. The minimum absolute atomic E-state index is 0.0714. The van der Waals surface area contributed by atoms with Crippen LogP contribution in [-0.2, 0) is 24.1 Å². The number of piperidine rings is 1. The number of hydrogen-bond acceptors (Lipinski definition) is 6. The highest BCUT2D eigenvalue weighted by atomic mass is 19.4. The highest BCUT2D eigenvalue weighted by Crippen LogP contribution is 2.29. The van der Waals surface area contributed by atoms with E-state index in [4.69, 9.17) is 0 Å². The van der Waals surface area contributed by atoms with E-state index in [9.17, 15) is 18.0 Å². The summed E-state index contributed by atoms with van der Waals surface area (Å²) in [5.74, 6) is 1.08. The van der Waals surface area contributed by atoms with Crippen molar-refractivity contribution < 1.29 is 18.0 Å². The molecule has 0 saturated carbocycles. The van der Waals surface area contributed by atoms with Gasteiger partial charge in [0, 0.05) is 44.5 Å². The Morgan fingerprint density at radius 3 is 2.47 bits per heavy atom. The van der Waals surface area contributed by atoms with E-state index in [2.05, 4.69) is 30.7 Å². The number of nitrogens with zero attached hydrogens (tertiary/aromatic N) is 4. The lowest BCUT2D eigenvalue weighted by Gasteiger charge is -2.31. The lowest BCUT2D eigenvalue weighted by Crippen LogP contribution is -2.40. The van der Waals surface area contributed by atoms with Crippen LogP contribution >= 0.6 is 0 Å². The highest BCUT2D eigenvalue weighted by Gasteiger charge is 2.30. The van der Waals surface area contributed by atoms with Crippen molar-refractivity contribution in [3.05, 3.63) is 77.6 Å². The number of pyridine rings is 1. The zero-order valence-corrected chi connectivity index (χ0v) is 18.4. The Labute approximate surface area is 195 Å². The number of carbonyl (C=O) groups excluding carboxylic acids is 1. The molecule has 3 heterocycles. The van der Waals surface area contributed by atoms with Crippen LogP contribution in [0.4, 0.5) is 24.8 Å². The third-order valence-corrected chi connectivity index (χ3v) is 5.76. The number of carbonyl (C=O) groups is 1. The van der Waals surface area contributed by atoms with E-state index < -0.39 is 11.7 Å². The van der Waals surface area contributed by atoms with Gasteiger partial charge in [0.1, 0.15) is 5.82 Å². The average molecular weight is 470 g/mol. The Morgan fingerprint density at radius 1 is 1.00 bits per heavy atom. The SMILES string of the molecule is O=C(NCc1cccc(C(F)(F)F)c1)C1CCN(c2ccc(NCc3cccnc3)nn2)CC1. The molecule has 178 valence electrons. The van der Waals surface area contributed by atoms with Crippen molar-refractivity contribution in [2.75, 3.05) is 23.3 Å². The van der Waals surface area contributed by atoms with E-state index in [0.717, 1.165) is 23.5 Å². The van der Waals surface area contributed by atoms with Gasteiger partial charge in [0.2, 0.25) is 5.91 Å². The molecule has 1 saturated heterocycles. The van der Waals surface area contributed by atoms with Gasteiger partial charge >= 0.3 is 6.18 Å². The van der Waals surface area contributed by atoms with Crippen LogP contribution in [0.3, 0.4) is 0 Å². The topological polar surface area (TPSA) is 83.0 Å². The third kappa shape index (κ3) is 6.21. The van der Waals surface area contributed by atoms with Crippen molar-refractivity contribution in [1.82, 2.24) is 20.5 Å². The van der Waals surface area contributed by atoms with Crippen molar-refractivity contribution in [2.45, 2.75) is 32.1 Å². The molecule has 4 rings (SSSR count). The fourth-order valence-corrected chi connectivity index (χ4v) is 3.85. The van der Waals surface area contributed by atoms with Crippen LogP contribution < -0.4 is 15.5 Å². The van der Waals surface area contributed by atoms with Crippen molar-refractivity contribution in [1.29, 1.82) is 0 Å². The second-order valence-corrected chi connectivity index (χ2v) is 8.17. The maximum Gasteiger partial charge on any atom is 0.416 e. The van der Waals surface area contributed by atoms with Crippen molar-refractivity contribution >= 4 is 17.5 Å². The van der Waals surface area contributed by atoms with Gasteiger partial charge in [-0.3, -0.25) is 9.78 Å². The van der Waals surface area contributed by atoms with E-state index >= 15 is 0 Å². The molecular weight excluding hydrogens is 445 g/mol. The molecule has 7 nitrogen and oxygen atoms in total. The van der Waals surface area contributed by atoms with Gasteiger partial charge in [-0.05, 0) is 54.3 Å². The summed E-state index contributed by atoms with van der Waals surface area (Å²) in [6.45, 7) is 1.97. The molecule has 1 fully saturated rings. The Bertz CT molecular complexity index is 1080. The molecule has 0 unspecified atom stereocenters. The van der Waals surface area contributed by atoms with Gasteiger partial charge in [-0.1, -0.05) is 18.2 Å². The molecule has 3 aromatic rings. The van der Waals surface area contributed by atoms with Gasteiger partial charge in [0.05, 0.1) is 5.56 Å². The molecule has 1 amide bonds. The van der Waals surface area contributed by atoms with E-state index in [-0.39, 0.29) is 18.4 Å². The van der Waals surface area contributed by atoms with Crippen molar-refractivity contribution in [3.8, 4) is 0 Å². The number of amides is 1. The van der Waals surface area contributed by atoms with Crippen LogP contribution in [0, 0.1) is 5.92 Å². The minimum atomic E-state index is -4.40. The molecule has 34 heavy (non-hydrogen) atoms. The summed E-state index contributed by atoms with van der Waals surface area (Å²) >= 11 is 0. The fourth-order valence-electron chi connectivity index (χ4n) is 3.85. The molecular formula is C24H25F3N6O. The van der Waals surface area contributed by atoms with Crippen LogP contribution in [0.2, 0.25) is 0 Å². The van der Waals surface area contributed by atoms with Crippen LogP contribution in [0.1, 0.15) is 29.5 Å². The second-order valence-electron chi connectivity index (χ2n) is 8.17. The predicted molar refractivity (Wildman–Crippen MR) is 122 cm³/mol. The van der Waals surface area contributed by atoms with Crippen LogP contribution in [-0.4, -0.2) is 34.2 Å². The molecule has 2 N–H and O–H groups in total. The molecule has 0 atom stereocenters. The quantitative estimate of drug-likeness (QED) is 0.543. The summed E-state index contributed by atoms with van der Waals surface area (Å²) in [7, 11) is 0. The predicted octanol–water partition coefficient (Wildman–Crippen LogP) is 4.04. The number of halogens is 3. The van der Waals surface area contributed by atoms with Crippen LogP contribution in [0.5, 0.6) is 0 Å². The third-order valence-electron chi connectivity index (χ3n) is 5.76. The summed E-state index contributed by atoms with van der Waals surface area (Å²) in [4.78, 5) is 18.7. The van der Waals surface area contributed by atoms with Crippen LogP contribution in [0.25, 0.3) is 0 Å². The fraction of sp³-hybridized carbons (Fsp3) is 0.333. The highest BCUT2D eigenvalue weighted by molar-refractivity contribution is 5.79. The smallest absolute Gasteiger partial charge is 0.364 e. The minimum Gasteiger partial charge on any atom is -0.364 e. The number of rotatable bonds is 7. The Balaban J connectivity index is 1.23. The lowest BCUT2D eigenvalue weighted by molar-refractivity contribution is -0.137. The molecule has 1 aromatic carbocycles. The van der Waals surface area contributed by atoms with Crippen molar-refractivity contribution in [2.24, 2.45) is 5.92 Å². The molecule has 0 spiro atoms. The number of aromatic nitrogens is 3. The largest absolute Gasteiger partial charge is 0.416 e. The van der Waals surface area contributed by atoms with E-state index in [1.54, 1.807) is 18.5 Å². The van der Waals surface area contributed by atoms with Gasteiger partial charge in [0.15, 0.2) is 5.82 Å².